The summed E-state index contributed by atoms with van der Waals surface area (Å²) in [6.07, 6.45) is 2.96. The first kappa shape index (κ1) is 17.8. The topological polar surface area (TPSA) is 73.0 Å². The summed E-state index contributed by atoms with van der Waals surface area (Å²) in [6.45, 7) is 0.842. The highest BCUT2D eigenvalue weighted by Crippen LogP contribution is 2.38. The molecule has 0 spiro atoms. The Balaban J connectivity index is 1.89. The van der Waals surface area contributed by atoms with Gasteiger partial charge in [-0.25, -0.2) is 4.68 Å². The number of halogens is 2. The Hall–Kier alpha value is -2.57. The van der Waals surface area contributed by atoms with Gasteiger partial charge in [0.1, 0.15) is 5.82 Å². The monoisotopic (exact) mass is 402 g/mol. The zero-order valence-electron chi connectivity index (χ0n) is 14.3. The Labute approximate surface area is 165 Å². The van der Waals surface area contributed by atoms with E-state index in [-0.39, 0.29) is 5.69 Å². The fourth-order valence-corrected chi connectivity index (χ4v) is 3.68. The molecule has 0 saturated carbocycles. The molecule has 0 unspecified atom stereocenters. The number of benzene rings is 2. The molecular weight excluding hydrogens is 387 g/mol. The molecule has 0 amide bonds. The highest BCUT2D eigenvalue weighted by molar-refractivity contribution is 6.35. The van der Waals surface area contributed by atoms with Crippen molar-refractivity contribution in [3.63, 3.8) is 0 Å². The summed E-state index contributed by atoms with van der Waals surface area (Å²) in [4.78, 5) is 10.5. The van der Waals surface area contributed by atoms with Gasteiger partial charge >= 0.3 is 0 Å². The van der Waals surface area contributed by atoms with E-state index >= 15 is 0 Å². The number of anilines is 1. The minimum absolute atomic E-state index is 0.0445. The first-order chi connectivity index (χ1) is 13.0. The van der Waals surface area contributed by atoms with Gasteiger partial charge in [0, 0.05) is 34.8 Å². The number of nitrogens with zero attached hydrogens (tertiary/aromatic N) is 3. The van der Waals surface area contributed by atoms with Crippen LogP contribution in [0.4, 0.5) is 11.5 Å². The minimum atomic E-state index is -0.414. The molecule has 6 nitrogen and oxygen atoms in total. The highest BCUT2D eigenvalue weighted by Gasteiger charge is 2.23. The number of nitro groups is 1. The molecule has 1 aromatic heterocycles. The van der Waals surface area contributed by atoms with E-state index in [1.165, 1.54) is 12.1 Å². The number of nitro benzene ring substituents is 1. The zero-order chi connectivity index (χ0) is 19.0. The van der Waals surface area contributed by atoms with E-state index in [1.54, 1.807) is 28.9 Å². The molecule has 0 radical (unpaired) electrons. The maximum Gasteiger partial charge on any atom is 0.269 e. The summed E-state index contributed by atoms with van der Waals surface area (Å²) < 4.78 is 1.79. The lowest BCUT2D eigenvalue weighted by atomic mass is 10.0. The summed E-state index contributed by atoms with van der Waals surface area (Å²) in [6, 6.07) is 11.7. The van der Waals surface area contributed by atoms with Crippen molar-refractivity contribution in [1.82, 2.24) is 9.78 Å². The molecule has 1 aliphatic rings. The third kappa shape index (κ3) is 3.38. The van der Waals surface area contributed by atoms with Crippen molar-refractivity contribution in [3.8, 4) is 16.9 Å². The van der Waals surface area contributed by atoms with Crippen molar-refractivity contribution in [2.75, 3.05) is 11.9 Å². The summed E-state index contributed by atoms with van der Waals surface area (Å²) >= 11 is 12.6. The van der Waals surface area contributed by atoms with Crippen LogP contribution >= 0.6 is 23.2 Å². The van der Waals surface area contributed by atoms with Gasteiger partial charge in [-0.3, -0.25) is 10.1 Å². The highest BCUT2D eigenvalue weighted by atomic mass is 35.5. The van der Waals surface area contributed by atoms with Crippen LogP contribution in [-0.4, -0.2) is 21.2 Å². The molecule has 2 heterocycles. The maximum atomic E-state index is 10.9. The molecule has 2 aromatic carbocycles. The van der Waals surface area contributed by atoms with Crippen molar-refractivity contribution < 1.29 is 4.92 Å². The van der Waals surface area contributed by atoms with Gasteiger partial charge in [0.2, 0.25) is 0 Å². The Bertz CT molecular complexity index is 1020. The smallest absolute Gasteiger partial charge is 0.269 e. The van der Waals surface area contributed by atoms with E-state index in [0.717, 1.165) is 54.1 Å². The molecule has 1 aliphatic heterocycles. The molecular formula is C19H16Cl2N4O2. The first-order valence-electron chi connectivity index (χ1n) is 8.60. The number of nitrogens with one attached hydrogen (secondary N) is 1. The molecule has 0 bridgehead atoms. The first-order valence-corrected chi connectivity index (χ1v) is 9.36. The average molecular weight is 403 g/mol. The average Bonchev–Trinajstić information content (AvgIpc) is 2.85. The van der Waals surface area contributed by atoms with Crippen molar-refractivity contribution in [3.05, 3.63) is 68.2 Å². The van der Waals surface area contributed by atoms with E-state index in [1.807, 2.05) is 6.07 Å². The lowest BCUT2D eigenvalue weighted by Gasteiger charge is -2.09. The number of rotatable bonds is 3. The number of non-ortho nitro benzene ring substituents is 1. The maximum absolute atomic E-state index is 10.9. The standard InChI is InChI=1S/C19H16Cl2N4O2/c20-12-4-9-17(21)16(11-12)18-15-3-1-2-10-22-19(15)24(23-18)13-5-7-14(8-6-13)25(26)27/h4-9,11,22H,1-3,10H2. The van der Waals surface area contributed by atoms with Crippen molar-refractivity contribution in [2.45, 2.75) is 19.3 Å². The van der Waals surface area contributed by atoms with Crippen LogP contribution in [0.2, 0.25) is 10.0 Å². The summed E-state index contributed by atoms with van der Waals surface area (Å²) in [5.74, 6) is 0.896. The second-order valence-electron chi connectivity index (χ2n) is 6.37. The van der Waals surface area contributed by atoms with Gasteiger partial charge in [-0.05, 0) is 49.6 Å². The van der Waals surface area contributed by atoms with Gasteiger partial charge in [-0.1, -0.05) is 23.2 Å². The summed E-state index contributed by atoms with van der Waals surface area (Å²) in [7, 11) is 0. The van der Waals surface area contributed by atoms with E-state index < -0.39 is 4.92 Å². The molecule has 27 heavy (non-hydrogen) atoms. The molecule has 0 saturated heterocycles. The van der Waals surface area contributed by atoms with Crippen LogP contribution in [0.3, 0.4) is 0 Å². The Morgan fingerprint density at radius 1 is 1.11 bits per heavy atom. The van der Waals surface area contributed by atoms with Gasteiger partial charge < -0.3 is 5.32 Å². The van der Waals surface area contributed by atoms with Crippen LogP contribution < -0.4 is 5.32 Å². The Morgan fingerprint density at radius 3 is 2.63 bits per heavy atom. The molecule has 4 rings (SSSR count). The molecule has 8 heteroatoms. The Morgan fingerprint density at radius 2 is 1.89 bits per heavy atom. The molecule has 0 atom stereocenters. The molecule has 138 valence electrons. The number of aromatic nitrogens is 2. The quantitative estimate of drug-likeness (QED) is 0.463. The second-order valence-corrected chi connectivity index (χ2v) is 7.21. The lowest BCUT2D eigenvalue weighted by molar-refractivity contribution is -0.384. The third-order valence-electron chi connectivity index (χ3n) is 4.62. The lowest BCUT2D eigenvalue weighted by Crippen LogP contribution is -2.07. The van der Waals surface area contributed by atoms with Crippen LogP contribution in [0.1, 0.15) is 18.4 Å². The predicted molar refractivity (Wildman–Crippen MR) is 107 cm³/mol. The van der Waals surface area contributed by atoms with Crippen LogP contribution in [0.15, 0.2) is 42.5 Å². The van der Waals surface area contributed by atoms with E-state index in [2.05, 4.69) is 5.32 Å². The van der Waals surface area contributed by atoms with Crippen molar-refractivity contribution >= 4 is 34.7 Å². The molecule has 1 N–H and O–H groups in total. The van der Waals surface area contributed by atoms with Gasteiger partial charge in [0.15, 0.2) is 0 Å². The van der Waals surface area contributed by atoms with Gasteiger partial charge in [0.05, 0.1) is 21.3 Å². The normalized spacial score (nSPS) is 13.6. The van der Waals surface area contributed by atoms with Crippen LogP contribution in [0.25, 0.3) is 16.9 Å². The minimum Gasteiger partial charge on any atom is -0.370 e. The molecule has 0 aliphatic carbocycles. The van der Waals surface area contributed by atoms with Crippen molar-refractivity contribution in [1.29, 1.82) is 0 Å². The predicted octanol–water partition coefficient (Wildman–Crippen LogP) is 5.50. The van der Waals surface area contributed by atoms with Crippen LogP contribution in [0, 0.1) is 10.1 Å². The second kappa shape index (κ2) is 7.21. The van der Waals surface area contributed by atoms with Crippen molar-refractivity contribution in [2.24, 2.45) is 0 Å². The number of hydrogen-bond donors (Lipinski definition) is 1. The van der Waals surface area contributed by atoms with E-state index in [4.69, 9.17) is 28.3 Å². The van der Waals surface area contributed by atoms with E-state index in [9.17, 15) is 10.1 Å². The third-order valence-corrected chi connectivity index (χ3v) is 5.18. The fraction of sp³-hybridized carbons (Fsp3) is 0.211. The fourth-order valence-electron chi connectivity index (χ4n) is 3.30. The Kier molecular flexibility index (Phi) is 4.76. The van der Waals surface area contributed by atoms with Crippen LogP contribution in [0.5, 0.6) is 0 Å². The number of hydrogen-bond acceptors (Lipinski definition) is 4. The van der Waals surface area contributed by atoms with Gasteiger partial charge in [-0.2, -0.15) is 5.10 Å². The van der Waals surface area contributed by atoms with Gasteiger partial charge in [-0.15, -0.1) is 0 Å². The summed E-state index contributed by atoms with van der Waals surface area (Å²) in [5.41, 5.74) is 3.43. The molecule has 3 aromatic rings. The largest absolute Gasteiger partial charge is 0.370 e. The summed E-state index contributed by atoms with van der Waals surface area (Å²) in [5, 5.41) is 20.3. The molecule has 0 fully saturated rings. The van der Waals surface area contributed by atoms with E-state index in [0.29, 0.717) is 10.0 Å². The van der Waals surface area contributed by atoms with Gasteiger partial charge in [0.25, 0.3) is 5.69 Å². The zero-order valence-corrected chi connectivity index (χ0v) is 15.8. The SMILES string of the molecule is O=[N+]([O-])c1ccc(-n2nc(-c3cc(Cl)ccc3Cl)c3c2NCCCC3)cc1. The van der Waals surface area contributed by atoms with Crippen LogP contribution in [-0.2, 0) is 6.42 Å². The number of fused-ring (bicyclic) bond motifs is 1.